The van der Waals surface area contributed by atoms with Gasteiger partial charge >= 0.3 is 0 Å². The third kappa shape index (κ3) is 3.73. The van der Waals surface area contributed by atoms with Crippen LogP contribution in [0.1, 0.15) is 37.3 Å². The Morgan fingerprint density at radius 3 is 2.89 bits per heavy atom. The molecule has 0 saturated carbocycles. The van der Waals surface area contributed by atoms with E-state index in [-0.39, 0.29) is 0 Å². The number of hydrogen-bond donors (Lipinski definition) is 1. The summed E-state index contributed by atoms with van der Waals surface area (Å²) in [6, 6.07) is 6.67. The molecule has 1 aliphatic heterocycles. The number of nitrogens with one attached hydrogen (secondary N) is 1. The number of rotatable bonds is 5. The van der Waals surface area contributed by atoms with Gasteiger partial charge in [0.25, 0.3) is 0 Å². The summed E-state index contributed by atoms with van der Waals surface area (Å²) >= 11 is 0. The SMILES string of the molecule is CCc1cccc(C)c1N(C)CCC1CCCNC1. The third-order valence-electron chi connectivity index (χ3n) is 4.36. The largest absolute Gasteiger partial charge is 0.374 e. The first-order chi connectivity index (χ1) is 9.22. The van der Waals surface area contributed by atoms with E-state index >= 15 is 0 Å². The van der Waals surface area contributed by atoms with Crippen molar-refractivity contribution in [3.05, 3.63) is 29.3 Å². The summed E-state index contributed by atoms with van der Waals surface area (Å²) in [7, 11) is 2.25. The lowest BCUT2D eigenvalue weighted by molar-refractivity contribution is 0.360. The van der Waals surface area contributed by atoms with E-state index in [0.29, 0.717) is 0 Å². The summed E-state index contributed by atoms with van der Waals surface area (Å²) in [6.45, 7) is 8.07. The maximum atomic E-state index is 3.51. The maximum Gasteiger partial charge on any atom is 0.0425 e. The summed E-state index contributed by atoms with van der Waals surface area (Å²) < 4.78 is 0. The fourth-order valence-corrected chi connectivity index (χ4v) is 3.21. The fourth-order valence-electron chi connectivity index (χ4n) is 3.21. The Kier molecular flexibility index (Phi) is 5.26. The standard InChI is InChI=1S/C17H28N2/c1-4-16-9-5-7-14(2)17(16)19(3)12-10-15-8-6-11-18-13-15/h5,7,9,15,18H,4,6,8,10-13H2,1-3H3. The van der Waals surface area contributed by atoms with Crippen molar-refractivity contribution in [2.24, 2.45) is 5.92 Å². The van der Waals surface area contributed by atoms with Crippen molar-refractivity contribution in [2.75, 3.05) is 31.6 Å². The highest BCUT2D eigenvalue weighted by atomic mass is 15.1. The third-order valence-corrected chi connectivity index (χ3v) is 4.36. The topological polar surface area (TPSA) is 15.3 Å². The molecule has 0 bridgehead atoms. The summed E-state index contributed by atoms with van der Waals surface area (Å²) in [5, 5.41) is 3.51. The predicted octanol–water partition coefficient (Wildman–Crippen LogP) is 3.38. The first kappa shape index (κ1) is 14.4. The Morgan fingerprint density at radius 1 is 1.37 bits per heavy atom. The smallest absolute Gasteiger partial charge is 0.0425 e. The number of benzene rings is 1. The molecule has 2 heteroatoms. The number of para-hydroxylation sites is 1. The minimum absolute atomic E-state index is 0.866. The highest BCUT2D eigenvalue weighted by Gasteiger charge is 2.15. The van der Waals surface area contributed by atoms with Gasteiger partial charge in [0.05, 0.1) is 0 Å². The van der Waals surface area contributed by atoms with Crippen LogP contribution in [-0.2, 0) is 6.42 Å². The zero-order valence-electron chi connectivity index (χ0n) is 12.7. The fraction of sp³-hybridized carbons (Fsp3) is 0.647. The van der Waals surface area contributed by atoms with Gasteiger partial charge in [0, 0.05) is 19.3 Å². The first-order valence-electron chi connectivity index (χ1n) is 7.72. The monoisotopic (exact) mass is 260 g/mol. The lowest BCUT2D eigenvalue weighted by Gasteiger charge is -2.28. The normalized spacial score (nSPS) is 19.4. The van der Waals surface area contributed by atoms with Gasteiger partial charge in [-0.05, 0) is 62.7 Å². The Morgan fingerprint density at radius 2 is 2.21 bits per heavy atom. The van der Waals surface area contributed by atoms with Crippen LogP contribution in [0.4, 0.5) is 5.69 Å². The number of piperidine rings is 1. The Bertz CT molecular complexity index is 394. The van der Waals surface area contributed by atoms with Gasteiger partial charge in [-0.25, -0.2) is 0 Å². The van der Waals surface area contributed by atoms with Gasteiger partial charge in [-0.15, -0.1) is 0 Å². The zero-order valence-corrected chi connectivity index (χ0v) is 12.7. The molecule has 1 atom stereocenters. The molecule has 1 unspecified atom stereocenters. The van der Waals surface area contributed by atoms with Crippen molar-refractivity contribution < 1.29 is 0 Å². The molecule has 0 amide bonds. The first-order valence-corrected chi connectivity index (χ1v) is 7.72. The van der Waals surface area contributed by atoms with Gasteiger partial charge in [0.2, 0.25) is 0 Å². The van der Waals surface area contributed by atoms with Crippen LogP contribution in [0.5, 0.6) is 0 Å². The second-order valence-electron chi connectivity index (χ2n) is 5.86. The molecule has 1 fully saturated rings. The number of hydrogen-bond acceptors (Lipinski definition) is 2. The molecule has 19 heavy (non-hydrogen) atoms. The van der Waals surface area contributed by atoms with Crippen LogP contribution < -0.4 is 10.2 Å². The zero-order chi connectivity index (χ0) is 13.7. The molecule has 0 spiro atoms. The van der Waals surface area contributed by atoms with Gasteiger partial charge in [-0.1, -0.05) is 25.1 Å². The molecule has 0 aromatic heterocycles. The van der Waals surface area contributed by atoms with Crippen LogP contribution in [0.25, 0.3) is 0 Å². The van der Waals surface area contributed by atoms with E-state index in [1.54, 1.807) is 0 Å². The second kappa shape index (κ2) is 6.95. The van der Waals surface area contributed by atoms with Crippen LogP contribution in [0, 0.1) is 12.8 Å². The molecule has 1 aromatic rings. The van der Waals surface area contributed by atoms with E-state index in [1.807, 2.05) is 0 Å². The van der Waals surface area contributed by atoms with Crippen LogP contribution in [0.15, 0.2) is 18.2 Å². The number of nitrogens with zero attached hydrogens (tertiary/aromatic N) is 1. The van der Waals surface area contributed by atoms with E-state index in [9.17, 15) is 0 Å². The van der Waals surface area contributed by atoms with Crippen molar-refractivity contribution >= 4 is 5.69 Å². The van der Waals surface area contributed by atoms with Crippen molar-refractivity contribution in [3.63, 3.8) is 0 Å². The highest BCUT2D eigenvalue weighted by molar-refractivity contribution is 5.58. The lowest BCUT2D eigenvalue weighted by atomic mass is 9.95. The van der Waals surface area contributed by atoms with Crippen molar-refractivity contribution in [1.29, 1.82) is 0 Å². The highest BCUT2D eigenvalue weighted by Crippen LogP contribution is 2.25. The van der Waals surface area contributed by atoms with Gasteiger partial charge in [0.1, 0.15) is 0 Å². The average molecular weight is 260 g/mol. The van der Waals surface area contributed by atoms with Crippen molar-refractivity contribution in [2.45, 2.75) is 39.5 Å². The molecule has 0 radical (unpaired) electrons. The average Bonchev–Trinajstić information content (AvgIpc) is 2.45. The molecular weight excluding hydrogens is 232 g/mol. The maximum absolute atomic E-state index is 3.51. The molecule has 0 aliphatic carbocycles. The summed E-state index contributed by atoms with van der Waals surface area (Å²) in [6.07, 6.45) is 5.17. The summed E-state index contributed by atoms with van der Waals surface area (Å²) in [4.78, 5) is 2.46. The Balaban J connectivity index is 1.97. The predicted molar refractivity (Wildman–Crippen MR) is 84.0 cm³/mol. The Labute approximate surface area is 118 Å². The molecule has 1 saturated heterocycles. The molecule has 2 nitrogen and oxygen atoms in total. The van der Waals surface area contributed by atoms with Crippen LogP contribution in [0.2, 0.25) is 0 Å². The number of anilines is 1. The lowest BCUT2D eigenvalue weighted by Crippen LogP contribution is -2.32. The minimum Gasteiger partial charge on any atom is -0.374 e. The molecular formula is C17H28N2. The van der Waals surface area contributed by atoms with E-state index in [4.69, 9.17) is 0 Å². The van der Waals surface area contributed by atoms with Crippen LogP contribution >= 0.6 is 0 Å². The summed E-state index contributed by atoms with van der Waals surface area (Å²) in [5.74, 6) is 0.866. The molecule has 106 valence electrons. The van der Waals surface area contributed by atoms with E-state index < -0.39 is 0 Å². The molecule has 2 rings (SSSR count). The molecule has 1 aliphatic rings. The minimum atomic E-state index is 0.866. The molecule has 1 aromatic carbocycles. The van der Waals surface area contributed by atoms with E-state index in [1.165, 1.54) is 55.7 Å². The van der Waals surface area contributed by atoms with Crippen molar-refractivity contribution in [3.8, 4) is 0 Å². The Hall–Kier alpha value is -1.02. The van der Waals surface area contributed by atoms with Gasteiger partial charge in [0.15, 0.2) is 0 Å². The van der Waals surface area contributed by atoms with Crippen molar-refractivity contribution in [1.82, 2.24) is 5.32 Å². The van der Waals surface area contributed by atoms with E-state index in [2.05, 4.69) is 49.3 Å². The quantitative estimate of drug-likeness (QED) is 0.873. The molecule has 1 N–H and O–H groups in total. The second-order valence-corrected chi connectivity index (χ2v) is 5.86. The number of aryl methyl sites for hydroxylation is 2. The molecule has 1 heterocycles. The van der Waals surface area contributed by atoms with Crippen LogP contribution in [-0.4, -0.2) is 26.7 Å². The van der Waals surface area contributed by atoms with E-state index in [0.717, 1.165) is 12.3 Å². The van der Waals surface area contributed by atoms with Gasteiger partial charge in [-0.2, -0.15) is 0 Å². The van der Waals surface area contributed by atoms with Gasteiger partial charge in [-0.3, -0.25) is 0 Å². The van der Waals surface area contributed by atoms with Gasteiger partial charge < -0.3 is 10.2 Å². The summed E-state index contributed by atoms with van der Waals surface area (Å²) in [5.41, 5.74) is 4.33. The van der Waals surface area contributed by atoms with Crippen LogP contribution in [0.3, 0.4) is 0 Å².